The number of nitrogens with one attached hydrogen (secondary N) is 2. The molecular formula is C16H17N5O. The highest BCUT2D eigenvalue weighted by atomic mass is 16.1. The lowest BCUT2D eigenvalue weighted by molar-refractivity contribution is -0.118. The predicted octanol–water partition coefficient (Wildman–Crippen LogP) is 2.36. The van der Waals surface area contributed by atoms with Crippen LogP contribution in [0.15, 0.2) is 48.8 Å². The van der Waals surface area contributed by atoms with Gasteiger partial charge in [0, 0.05) is 32.4 Å². The van der Waals surface area contributed by atoms with Gasteiger partial charge in [-0.3, -0.25) is 4.79 Å². The zero-order chi connectivity index (χ0) is 15.4. The minimum absolute atomic E-state index is 0.0339. The lowest BCUT2D eigenvalue weighted by atomic mass is 10.2. The number of nitrogens with zero attached hydrogens (tertiary/aromatic N) is 3. The number of carbonyl (C=O) groups excluding carboxylic acids is 1. The zero-order valence-electron chi connectivity index (χ0n) is 12.3. The van der Waals surface area contributed by atoms with Crippen molar-refractivity contribution in [2.75, 3.05) is 23.3 Å². The number of para-hydroxylation sites is 2. The summed E-state index contributed by atoms with van der Waals surface area (Å²) in [4.78, 5) is 21.7. The second-order valence-electron chi connectivity index (χ2n) is 4.89. The molecule has 0 radical (unpaired) electrons. The Morgan fingerprint density at radius 2 is 2.09 bits per heavy atom. The number of hydrogen-bond acceptors (Lipinski definition) is 5. The van der Waals surface area contributed by atoms with Gasteiger partial charge in [0.25, 0.3) is 0 Å². The Labute approximate surface area is 128 Å². The molecular weight excluding hydrogens is 278 g/mol. The van der Waals surface area contributed by atoms with E-state index in [1.165, 1.54) is 6.92 Å². The van der Waals surface area contributed by atoms with Crippen LogP contribution in [-0.4, -0.2) is 29.0 Å². The molecule has 0 bridgehead atoms. The van der Waals surface area contributed by atoms with Gasteiger partial charge in [-0.25, -0.2) is 9.97 Å². The third-order valence-corrected chi connectivity index (χ3v) is 3.31. The van der Waals surface area contributed by atoms with Crippen molar-refractivity contribution >= 4 is 28.9 Å². The Bertz CT molecular complexity index is 668. The molecule has 6 nitrogen and oxygen atoms in total. The molecule has 0 fully saturated rings. The van der Waals surface area contributed by atoms with Crippen LogP contribution in [0.1, 0.15) is 6.92 Å². The lowest BCUT2D eigenvalue weighted by Crippen LogP contribution is -2.25. The molecule has 2 heterocycles. The van der Waals surface area contributed by atoms with Gasteiger partial charge in [-0.2, -0.15) is 0 Å². The minimum atomic E-state index is -0.0339. The van der Waals surface area contributed by atoms with Gasteiger partial charge in [0.05, 0.1) is 11.4 Å². The van der Waals surface area contributed by atoms with E-state index in [1.54, 1.807) is 12.4 Å². The van der Waals surface area contributed by atoms with Gasteiger partial charge in [0.15, 0.2) is 11.6 Å². The van der Waals surface area contributed by atoms with E-state index in [0.29, 0.717) is 13.1 Å². The van der Waals surface area contributed by atoms with Crippen LogP contribution < -0.4 is 15.5 Å². The molecule has 3 rings (SSSR count). The van der Waals surface area contributed by atoms with Gasteiger partial charge in [-0.15, -0.1) is 0 Å². The first-order chi connectivity index (χ1) is 10.8. The standard InChI is InChI=1S/C16H17N5O/c1-12(22)17-8-4-5-11-21-14-7-3-2-6-13(14)20-15-16(21)19-10-9-18-15/h2-7,9-10H,8,11H2,1H3,(H,17,22)(H,18,20)/b5-4+. The Morgan fingerprint density at radius 1 is 1.27 bits per heavy atom. The molecule has 0 saturated heterocycles. The van der Waals surface area contributed by atoms with Crippen LogP contribution >= 0.6 is 0 Å². The summed E-state index contributed by atoms with van der Waals surface area (Å²) in [6, 6.07) is 8.04. The van der Waals surface area contributed by atoms with E-state index in [4.69, 9.17) is 0 Å². The molecule has 0 atom stereocenters. The average molecular weight is 295 g/mol. The van der Waals surface area contributed by atoms with E-state index in [1.807, 2.05) is 36.4 Å². The van der Waals surface area contributed by atoms with Crippen molar-refractivity contribution in [1.82, 2.24) is 15.3 Å². The van der Waals surface area contributed by atoms with Gasteiger partial charge < -0.3 is 15.5 Å². The first-order valence-corrected chi connectivity index (χ1v) is 7.10. The maximum absolute atomic E-state index is 10.9. The van der Waals surface area contributed by atoms with Crippen LogP contribution in [0.2, 0.25) is 0 Å². The normalized spacial score (nSPS) is 12.5. The van der Waals surface area contributed by atoms with Crippen molar-refractivity contribution in [3.05, 3.63) is 48.8 Å². The lowest BCUT2D eigenvalue weighted by Gasteiger charge is -2.30. The molecule has 1 aliphatic heterocycles. The Morgan fingerprint density at radius 3 is 2.95 bits per heavy atom. The fourth-order valence-corrected chi connectivity index (χ4v) is 2.32. The number of anilines is 4. The summed E-state index contributed by atoms with van der Waals surface area (Å²) in [7, 11) is 0. The topological polar surface area (TPSA) is 70.2 Å². The number of carbonyl (C=O) groups is 1. The van der Waals surface area contributed by atoms with Gasteiger partial charge in [0.1, 0.15) is 0 Å². The molecule has 6 heteroatoms. The molecule has 2 aromatic rings. The van der Waals surface area contributed by atoms with E-state index in [0.717, 1.165) is 23.0 Å². The highest BCUT2D eigenvalue weighted by Gasteiger charge is 2.22. The van der Waals surface area contributed by atoms with Crippen molar-refractivity contribution in [2.24, 2.45) is 0 Å². The van der Waals surface area contributed by atoms with Gasteiger partial charge in [-0.05, 0) is 12.1 Å². The summed E-state index contributed by atoms with van der Waals surface area (Å²) < 4.78 is 0. The smallest absolute Gasteiger partial charge is 0.217 e. The van der Waals surface area contributed by atoms with E-state index >= 15 is 0 Å². The van der Waals surface area contributed by atoms with Crippen molar-refractivity contribution < 1.29 is 4.79 Å². The van der Waals surface area contributed by atoms with Gasteiger partial charge in [-0.1, -0.05) is 24.3 Å². The minimum Gasteiger partial charge on any atom is -0.353 e. The number of rotatable bonds is 4. The third kappa shape index (κ3) is 2.90. The quantitative estimate of drug-likeness (QED) is 0.847. The monoisotopic (exact) mass is 295 g/mol. The Kier molecular flexibility index (Phi) is 4.00. The third-order valence-electron chi connectivity index (χ3n) is 3.31. The number of amides is 1. The molecule has 0 unspecified atom stereocenters. The maximum Gasteiger partial charge on any atom is 0.217 e. The summed E-state index contributed by atoms with van der Waals surface area (Å²) >= 11 is 0. The Hall–Kier alpha value is -2.89. The van der Waals surface area contributed by atoms with Crippen molar-refractivity contribution in [3.63, 3.8) is 0 Å². The van der Waals surface area contributed by atoms with E-state index in [9.17, 15) is 4.79 Å². The number of fused-ring (bicyclic) bond motifs is 2. The molecule has 0 spiro atoms. The second-order valence-corrected chi connectivity index (χ2v) is 4.89. The van der Waals surface area contributed by atoms with E-state index < -0.39 is 0 Å². The second kappa shape index (κ2) is 6.26. The summed E-state index contributed by atoms with van der Waals surface area (Å²) in [5.41, 5.74) is 2.06. The summed E-state index contributed by atoms with van der Waals surface area (Å²) in [5.74, 6) is 1.51. The predicted molar refractivity (Wildman–Crippen MR) is 86.6 cm³/mol. The first kappa shape index (κ1) is 14.1. The van der Waals surface area contributed by atoms with E-state index in [2.05, 4.69) is 25.5 Å². The molecule has 1 amide bonds. The first-order valence-electron chi connectivity index (χ1n) is 7.10. The summed E-state index contributed by atoms with van der Waals surface area (Å²) in [5, 5.41) is 6.03. The average Bonchev–Trinajstić information content (AvgIpc) is 2.53. The molecule has 112 valence electrons. The highest BCUT2D eigenvalue weighted by molar-refractivity contribution is 5.88. The Balaban J connectivity index is 1.82. The van der Waals surface area contributed by atoms with Crippen LogP contribution in [0.4, 0.5) is 23.0 Å². The zero-order valence-corrected chi connectivity index (χ0v) is 12.3. The van der Waals surface area contributed by atoms with Gasteiger partial charge in [0.2, 0.25) is 5.91 Å². The van der Waals surface area contributed by atoms with Crippen LogP contribution in [0.25, 0.3) is 0 Å². The fraction of sp³-hybridized carbons (Fsp3) is 0.188. The largest absolute Gasteiger partial charge is 0.353 e. The number of hydrogen-bond donors (Lipinski definition) is 2. The molecule has 2 N–H and O–H groups in total. The number of aromatic nitrogens is 2. The molecule has 22 heavy (non-hydrogen) atoms. The van der Waals surface area contributed by atoms with Crippen LogP contribution in [-0.2, 0) is 4.79 Å². The van der Waals surface area contributed by atoms with Crippen LogP contribution in [0, 0.1) is 0 Å². The number of benzene rings is 1. The fourth-order valence-electron chi connectivity index (χ4n) is 2.32. The molecule has 0 saturated carbocycles. The molecule has 1 aliphatic rings. The molecule has 1 aromatic carbocycles. The van der Waals surface area contributed by atoms with Crippen molar-refractivity contribution in [3.8, 4) is 0 Å². The molecule has 0 aliphatic carbocycles. The summed E-state index contributed by atoms with van der Waals surface area (Å²) in [6.45, 7) is 2.69. The van der Waals surface area contributed by atoms with Crippen molar-refractivity contribution in [2.45, 2.75) is 6.92 Å². The molecule has 1 aromatic heterocycles. The van der Waals surface area contributed by atoms with Crippen LogP contribution in [0.5, 0.6) is 0 Å². The van der Waals surface area contributed by atoms with E-state index in [-0.39, 0.29) is 5.91 Å². The SMILES string of the molecule is CC(=O)NC/C=C/CN1c2ccccc2Nc2nccnc21. The van der Waals surface area contributed by atoms with Crippen LogP contribution in [0.3, 0.4) is 0 Å². The summed E-state index contributed by atoms with van der Waals surface area (Å²) in [6.07, 6.45) is 7.30. The van der Waals surface area contributed by atoms with Crippen molar-refractivity contribution in [1.29, 1.82) is 0 Å². The highest BCUT2D eigenvalue weighted by Crippen LogP contribution is 2.40. The maximum atomic E-state index is 10.9. The van der Waals surface area contributed by atoms with Gasteiger partial charge >= 0.3 is 0 Å².